The Morgan fingerprint density at radius 1 is 1.08 bits per heavy atom. The summed E-state index contributed by atoms with van der Waals surface area (Å²) in [6.07, 6.45) is 1.58. The zero-order valence-corrected chi connectivity index (χ0v) is 19.5. The first-order valence-corrected chi connectivity index (χ1v) is 11.7. The van der Waals surface area contributed by atoms with Gasteiger partial charge in [-0.3, -0.25) is 14.5 Å². The number of nitrogens with zero attached hydrogens (tertiary/aromatic N) is 2. The van der Waals surface area contributed by atoms with Crippen LogP contribution in [0.1, 0.15) is 17.2 Å². The van der Waals surface area contributed by atoms with Crippen LogP contribution in [-0.2, 0) is 9.59 Å². The van der Waals surface area contributed by atoms with Gasteiger partial charge in [-0.1, -0.05) is 36.1 Å². The zero-order valence-electron chi connectivity index (χ0n) is 18.7. The lowest BCUT2D eigenvalue weighted by atomic mass is 9.95. The number of halogens is 2. The SMILES string of the molecule is C=CCOc1cccc(C2/C(=C(\O)c3ccc(F)cc3)C(=O)C(=O)N2c2nc3ccc(F)cc3s2)c1. The van der Waals surface area contributed by atoms with Gasteiger partial charge in [-0.05, 0) is 60.2 Å². The van der Waals surface area contributed by atoms with Crippen molar-refractivity contribution in [2.45, 2.75) is 6.04 Å². The fraction of sp³-hybridized carbons (Fsp3) is 0.0741. The topological polar surface area (TPSA) is 79.7 Å². The lowest BCUT2D eigenvalue weighted by molar-refractivity contribution is -0.132. The molecule has 0 aliphatic carbocycles. The fourth-order valence-electron chi connectivity index (χ4n) is 4.03. The second kappa shape index (κ2) is 9.35. The van der Waals surface area contributed by atoms with Crippen molar-refractivity contribution in [3.8, 4) is 5.75 Å². The smallest absolute Gasteiger partial charge is 0.301 e. The molecule has 6 nitrogen and oxygen atoms in total. The van der Waals surface area contributed by atoms with Crippen LogP contribution in [0.15, 0.2) is 85.0 Å². The van der Waals surface area contributed by atoms with Crippen molar-refractivity contribution < 1.29 is 28.2 Å². The Morgan fingerprint density at radius 3 is 2.58 bits per heavy atom. The van der Waals surface area contributed by atoms with Crippen LogP contribution >= 0.6 is 11.3 Å². The average Bonchev–Trinajstić information content (AvgIpc) is 3.40. The molecule has 180 valence electrons. The Balaban J connectivity index is 1.71. The first-order chi connectivity index (χ1) is 17.4. The Morgan fingerprint density at radius 2 is 1.83 bits per heavy atom. The van der Waals surface area contributed by atoms with Gasteiger partial charge < -0.3 is 9.84 Å². The van der Waals surface area contributed by atoms with E-state index in [-0.39, 0.29) is 22.9 Å². The van der Waals surface area contributed by atoms with Gasteiger partial charge in [0.15, 0.2) is 5.13 Å². The van der Waals surface area contributed by atoms with Gasteiger partial charge in [0.2, 0.25) is 0 Å². The third-order valence-corrected chi connectivity index (χ3v) is 6.67. The lowest BCUT2D eigenvalue weighted by Gasteiger charge is -2.23. The van der Waals surface area contributed by atoms with Gasteiger partial charge in [-0.25, -0.2) is 13.8 Å². The summed E-state index contributed by atoms with van der Waals surface area (Å²) in [6.45, 7) is 3.86. The number of thiazole rings is 1. The summed E-state index contributed by atoms with van der Waals surface area (Å²) in [7, 11) is 0. The van der Waals surface area contributed by atoms with E-state index in [0.717, 1.165) is 23.5 Å². The van der Waals surface area contributed by atoms with Gasteiger partial charge in [0.25, 0.3) is 5.78 Å². The van der Waals surface area contributed by atoms with Crippen LogP contribution in [0.3, 0.4) is 0 Å². The van der Waals surface area contributed by atoms with Crippen molar-refractivity contribution in [2.75, 3.05) is 11.5 Å². The van der Waals surface area contributed by atoms with Crippen molar-refractivity contribution in [1.82, 2.24) is 4.98 Å². The number of carbonyl (C=O) groups is 2. The number of ketones is 1. The summed E-state index contributed by atoms with van der Waals surface area (Å²) in [5.74, 6) is -2.79. The highest BCUT2D eigenvalue weighted by atomic mass is 32.1. The van der Waals surface area contributed by atoms with Crippen LogP contribution in [0, 0.1) is 11.6 Å². The molecule has 0 spiro atoms. The molecule has 3 aromatic carbocycles. The molecule has 0 bridgehead atoms. The summed E-state index contributed by atoms with van der Waals surface area (Å²) >= 11 is 1.05. The number of Topliss-reactive ketones (excluding diaryl/α,β-unsaturated/α-hetero) is 1. The molecule has 1 N–H and O–H groups in total. The van der Waals surface area contributed by atoms with Crippen LogP contribution in [0.25, 0.3) is 16.0 Å². The number of amides is 1. The van der Waals surface area contributed by atoms with E-state index in [1.165, 1.54) is 35.2 Å². The predicted octanol–water partition coefficient (Wildman–Crippen LogP) is 5.77. The number of hydrogen-bond acceptors (Lipinski definition) is 6. The molecule has 1 amide bonds. The number of aliphatic hydroxyl groups is 1. The largest absolute Gasteiger partial charge is 0.507 e. The number of aliphatic hydroxyl groups excluding tert-OH is 1. The molecule has 9 heteroatoms. The highest BCUT2D eigenvalue weighted by Gasteiger charge is 2.48. The number of carbonyl (C=O) groups excluding carboxylic acids is 2. The van der Waals surface area contributed by atoms with Crippen LogP contribution in [0.4, 0.5) is 13.9 Å². The van der Waals surface area contributed by atoms with Gasteiger partial charge in [-0.2, -0.15) is 0 Å². The number of anilines is 1. The highest BCUT2D eigenvalue weighted by Crippen LogP contribution is 2.44. The molecule has 1 aliphatic heterocycles. The Hall–Kier alpha value is -4.37. The first kappa shape index (κ1) is 23.4. The molecule has 36 heavy (non-hydrogen) atoms. The van der Waals surface area contributed by atoms with Crippen LogP contribution < -0.4 is 9.64 Å². The summed E-state index contributed by atoms with van der Waals surface area (Å²) in [5.41, 5.74) is 0.922. The zero-order chi connectivity index (χ0) is 25.4. The Kier molecular flexibility index (Phi) is 6.07. The van der Waals surface area contributed by atoms with E-state index in [1.54, 1.807) is 30.3 Å². The minimum atomic E-state index is -1.06. The molecule has 1 aliphatic rings. The quantitative estimate of drug-likeness (QED) is 0.156. The number of rotatable bonds is 6. The Bertz CT molecular complexity index is 1550. The van der Waals surface area contributed by atoms with E-state index in [2.05, 4.69) is 11.6 Å². The summed E-state index contributed by atoms with van der Waals surface area (Å²) in [5, 5.41) is 11.3. The van der Waals surface area contributed by atoms with Crippen molar-refractivity contribution in [3.63, 3.8) is 0 Å². The van der Waals surface area contributed by atoms with E-state index in [1.807, 2.05) is 0 Å². The number of benzene rings is 3. The molecular formula is C27H18F2N2O4S. The van der Waals surface area contributed by atoms with Crippen molar-refractivity contribution in [1.29, 1.82) is 0 Å². The van der Waals surface area contributed by atoms with Gasteiger partial charge in [-0.15, -0.1) is 0 Å². The normalized spacial score (nSPS) is 17.1. The summed E-state index contributed by atoms with van der Waals surface area (Å²) in [6, 6.07) is 14.6. The summed E-state index contributed by atoms with van der Waals surface area (Å²) < 4.78 is 33.4. The van der Waals surface area contributed by atoms with Gasteiger partial charge in [0, 0.05) is 5.56 Å². The van der Waals surface area contributed by atoms with E-state index in [9.17, 15) is 23.5 Å². The van der Waals surface area contributed by atoms with Crippen molar-refractivity contribution in [2.24, 2.45) is 0 Å². The standard InChI is InChI=1S/C27H18F2N2O4S/c1-2-12-35-19-5-3-4-16(13-19)23-22(24(32)15-6-8-17(28)9-7-15)25(33)26(34)31(23)27-30-20-11-10-18(29)14-21(20)36-27/h2-11,13-14,23,32H,1,12H2/b24-22+. The minimum Gasteiger partial charge on any atom is -0.507 e. The van der Waals surface area contributed by atoms with Gasteiger partial charge in [0.1, 0.15) is 29.8 Å². The van der Waals surface area contributed by atoms with Crippen LogP contribution in [0.5, 0.6) is 5.75 Å². The maximum Gasteiger partial charge on any atom is 0.301 e. The maximum absolute atomic E-state index is 13.8. The molecule has 4 aromatic rings. The van der Waals surface area contributed by atoms with E-state index >= 15 is 0 Å². The second-order valence-corrected chi connectivity index (χ2v) is 8.97. The number of ether oxygens (including phenoxy) is 1. The molecular weight excluding hydrogens is 486 g/mol. The van der Waals surface area contributed by atoms with Crippen LogP contribution in [0.2, 0.25) is 0 Å². The third-order valence-electron chi connectivity index (χ3n) is 5.65. The fourth-order valence-corrected chi connectivity index (χ4v) is 5.04. The highest BCUT2D eigenvalue weighted by molar-refractivity contribution is 7.22. The van der Waals surface area contributed by atoms with Crippen molar-refractivity contribution in [3.05, 3.63) is 108 Å². The monoisotopic (exact) mass is 504 g/mol. The van der Waals surface area contributed by atoms with Gasteiger partial charge in [0.05, 0.1) is 21.8 Å². The molecule has 1 fully saturated rings. The van der Waals surface area contributed by atoms with E-state index < -0.39 is 35.1 Å². The van der Waals surface area contributed by atoms with Gasteiger partial charge >= 0.3 is 5.91 Å². The molecule has 5 rings (SSSR count). The van der Waals surface area contributed by atoms with Crippen molar-refractivity contribution >= 4 is 44.1 Å². The molecule has 2 heterocycles. The molecule has 1 saturated heterocycles. The number of hydrogen-bond donors (Lipinski definition) is 1. The Labute approximate surface area is 208 Å². The molecule has 0 radical (unpaired) electrons. The van der Waals surface area contributed by atoms with Crippen LogP contribution in [-0.4, -0.2) is 28.4 Å². The van der Waals surface area contributed by atoms with E-state index in [4.69, 9.17) is 4.74 Å². The number of aromatic nitrogens is 1. The predicted molar refractivity (Wildman–Crippen MR) is 133 cm³/mol. The number of fused-ring (bicyclic) bond motifs is 1. The molecule has 1 aromatic heterocycles. The second-order valence-electron chi connectivity index (χ2n) is 7.96. The molecule has 1 unspecified atom stereocenters. The molecule has 1 atom stereocenters. The summed E-state index contributed by atoms with van der Waals surface area (Å²) in [4.78, 5) is 32.2. The minimum absolute atomic E-state index is 0.165. The molecule has 0 saturated carbocycles. The first-order valence-electron chi connectivity index (χ1n) is 10.8. The van der Waals surface area contributed by atoms with E-state index in [0.29, 0.717) is 21.5 Å². The average molecular weight is 505 g/mol. The maximum atomic E-state index is 13.8. The third kappa shape index (κ3) is 4.14. The lowest BCUT2D eigenvalue weighted by Crippen LogP contribution is -2.29.